The lowest BCUT2D eigenvalue weighted by Gasteiger charge is -2.30. The Morgan fingerprint density at radius 1 is 1.05 bits per heavy atom. The molecule has 2 unspecified atom stereocenters. The van der Waals surface area contributed by atoms with Gasteiger partial charge >= 0.3 is 8.80 Å². The smallest absolute Gasteiger partial charge is 0.381 e. The summed E-state index contributed by atoms with van der Waals surface area (Å²) < 4.78 is 22.9. The molecule has 0 saturated carbocycles. The molecule has 0 amide bonds. The lowest BCUT2D eigenvalue weighted by molar-refractivity contribution is -0.109. The average Bonchev–Trinajstić information content (AvgIpc) is 2.40. The van der Waals surface area contributed by atoms with Crippen LogP contribution in [0.15, 0.2) is 0 Å². The summed E-state index contributed by atoms with van der Waals surface area (Å²) in [6, 6.07) is 0.713. The first-order valence-corrected chi connectivity index (χ1v) is 9.40. The molecular weight excluding hydrogens is 276 g/mol. The molecule has 0 bridgehead atoms. The molecule has 0 N–H and O–H groups in total. The summed E-state index contributed by atoms with van der Waals surface area (Å²) in [7, 11) is -0.934. The minimum Gasteiger partial charge on any atom is -0.381 e. The van der Waals surface area contributed by atoms with Crippen LogP contribution in [0.2, 0.25) is 6.04 Å². The van der Waals surface area contributed by atoms with Crippen LogP contribution < -0.4 is 0 Å². The molecule has 20 heavy (non-hydrogen) atoms. The van der Waals surface area contributed by atoms with Gasteiger partial charge in [0.15, 0.2) is 0 Å². The van der Waals surface area contributed by atoms with E-state index < -0.39 is 8.80 Å². The number of aldehydes is 1. The van der Waals surface area contributed by atoms with E-state index in [4.69, 9.17) is 18.0 Å². The molecule has 0 aromatic heterocycles. The largest absolute Gasteiger partial charge is 0.501 e. The Hall–Kier alpha value is -0.273. The Kier molecular flexibility index (Phi) is 11.2. The van der Waals surface area contributed by atoms with Crippen molar-refractivity contribution in [2.24, 2.45) is 5.92 Å². The highest BCUT2D eigenvalue weighted by atomic mass is 28.4. The Morgan fingerprint density at radius 2 is 1.55 bits per heavy atom. The van der Waals surface area contributed by atoms with Crippen LogP contribution in [0.4, 0.5) is 0 Å². The van der Waals surface area contributed by atoms with Gasteiger partial charge in [0.2, 0.25) is 0 Å². The molecule has 0 aliphatic heterocycles. The van der Waals surface area contributed by atoms with Gasteiger partial charge in [-0.3, -0.25) is 0 Å². The van der Waals surface area contributed by atoms with Gasteiger partial charge in [0.1, 0.15) is 6.29 Å². The van der Waals surface area contributed by atoms with Gasteiger partial charge < -0.3 is 22.8 Å². The fourth-order valence-electron chi connectivity index (χ4n) is 2.26. The zero-order valence-corrected chi connectivity index (χ0v) is 14.5. The zero-order chi connectivity index (χ0) is 15.4. The molecule has 0 radical (unpaired) electrons. The van der Waals surface area contributed by atoms with Crippen LogP contribution in [0.3, 0.4) is 0 Å². The first kappa shape index (κ1) is 19.7. The summed E-state index contributed by atoms with van der Waals surface area (Å²) in [5.74, 6) is 0.189. The van der Waals surface area contributed by atoms with E-state index in [2.05, 4.69) is 0 Å². The molecule has 0 heterocycles. The van der Waals surface area contributed by atoms with Crippen LogP contribution in [-0.2, 0) is 22.8 Å². The summed E-state index contributed by atoms with van der Waals surface area (Å²) >= 11 is 0. The fourth-order valence-corrected chi connectivity index (χ4v) is 4.90. The summed E-state index contributed by atoms with van der Waals surface area (Å²) in [6.07, 6.45) is 2.24. The molecule has 0 aromatic carbocycles. The molecule has 0 fully saturated rings. The minimum atomic E-state index is -2.61. The number of methoxy groups -OCH3 is 1. The molecule has 120 valence electrons. The molecule has 0 spiro atoms. The van der Waals surface area contributed by atoms with Crippen LogP contribution in [0, 0.1) is 5.92 Å². The van der Waals surface area contributed by atoms with Gasteiger partial charge in [-0.1, -0.05) is 6.92 Å². The predicted molar refractivity (Wildman–Crippen MR) is 80.7 cm³/mol. The lowest BCUT2D eigenvalue weighted by Crippen LogP contribution is -2.46. The third kappa shape index (κ3) is 6.94. The van der Waals surface area contributed by atoms with Crippen molar-refractivity contribution < 1.29 is 22.8 Å². The highest BCUT2D eigenvalue weighted by Crippen LogP contribution is 2.23. The number of hydrogen-bond acceptors (Lipinski definition) is 5. The standard InChI is InChI=1S/C14H30O5Si/c1-6-17-20(18-7-2,19-8-3)12-10-14(16-5)13(4)9-11-15/h11,13-14H,6-10,12H2,1-5H3. The molecule has 6 heteroatoms. The second-order valence-electron chi connectivity index (χ2n) is 4.67. The van der Waals surface area contributed by atoms with E-state index in [1.54, 1.807) is 7.11 Å². The van der Waals surface area contributed by atoms with Gasteiger partial charge in [0.25, 0.3) is 0 Å². The summed E-state index contributed by atoms with van der Waals surface area (Å²) in [5.41, 5.74) is 0. The molecule has 0 aliphatic carbocycles. The average molecular weight is 306 g/mol. The Morgan fingerprint density at radius 3 is 1.90 bits per heavy atom. The number of hydrogen-bond donors (Lipinski definition) is 0. The first-order valence-electron chi connectivity index (χ1n) is 7.47. The van der Waals surface area contributed by atoms with Crippen molar-refractivity contribution in [2.75, 3.05) is 26.9 Å². The number of ether oxygens (including phenoxy) is 1. The van der Waals surface area contributed by atoms with E-state index in [1.165, 1.54) is 0 Å². The van der Waals surface area contributed by atoms with Crippen molar-refractivity contribution in [1.29, 1.82) is 0 Å². The predicted octanol–water partition coefficient (Wildman–Crippen LogP) is 2.67. The van der Waals surface area contributed by atoms with Crippen LogP contribution in [0.1, 0.15) is 40.5 Å². The van der Waals surface area contributed by atoms with E-state index in [0.29, 0.717) is 32.3 Å². The van der Waals surface area contributed by atoms with Crippen molar-refractivity contribution in [3.63, 3.8) is 0 Å². The van der Waals surface area contributed by atoms with Crippen molar-refractivity contribution in [1.82, 2.24) is 0 Å². The van der Waals surface area contributed by atoms with Crippen molar-refractivity contribution >= 4 is 15.1 Å². The van der Waals surface area contributed by atoms with Gasteiger partial charge in [0.05, 0.1) is 6.10 Å². The van der Waals surface area contributed by atoms with E-state index in [-0.39, 0.29) is 12.0 Å². The highest BCUT2D eigenvalue weighted by Gasteiger charge is 2.41. The highest BCUT2D eigenvalue weighted by molar-refractivity contribution is 6.60. The maximum atomic E-state index is 10.6. The third-order valence-electron chi connectivity index (χ3n) is 3.23. The first-order chi connectivity index (χ1) is 9.59. The molecule has 0 saturated heterocycles. The van der Waals surface area contributed by atoms with E-state index in [1.807, 2.05) is 27.7 Å². The summed E-state index contributed by atoms with van der Waals surface area (Å²) in [4.78, 5) is 10.6. The SMILES string of the molecule is CCO[Si](CCC(OC)C(C)CC=O)(OCC)OCC. The number of carbonyl (C=O) groups excluding carboxylic acids is 1. The normalized spacial score (nSPS) is 15.1. The maximum absolute atomic E-state index is 10.6. The van der Waals surface area contributed by atoms with Crippen molar-refractivity contribution in [3.05, 3.63) is 0 Å². The topological polar surface area (TPSA) is 54.0 Å². The Balaban J connectivity index is 4.65. The van der Waals surface area contributed by atoms with Crippen molar-refractivity contribution in [3.8, 4) is 0 Å². The Bertz CT molecular complexity index is 233. The van der Waals surface area contributed by atoms with Gasteiger partial charge in [-0.15, -0.1) is 0 Å². The monoisotopic (exact) mass is 306 g/mol. The maximum Gasteiger partial charge on any atom is 0.501 e. The van der Waals surface area contributed by atoms with Crippen LogP contribution in [-0.4, -0.2) is 48.1 Å². The second kappa shape index (κ2) is 11.4. The summed E-state index contributed by atoms with van der Waals surface area (Å²) in [5, 5.41) is 0. The van der Waals surface area contributed by atoms with Crippen molar-refractivity contribution in [2.45, 2.75) is 52.7 Å². The molecule has 5 nitrogen and oxygen atoms in total. The quantitative estimate of drug-likeness (QED) is 0.387. The Labute approximate surface area is 124 Å². The summed E-state index contributed by atoms with van der Waals surface area (Å²) in [6.45, 7) is 9.59. The van der Waals surface area contributed by atoms with E-state index in [0.717, 1.165) is 12.7 Å². The van der Waals surface area contributed by atoms with E-state index in [9.17, 15) is 4.79 Å². The van der Waals surface area contributed by atoms with Gasteiger partial charge in [-0.2, -0.15) is 0 Å². The molecule has 0 rings (SSSR count). The molecule has 0 aliphatic rings. The molecule has 0 aromatic rings. The molecule has 2 atom stereocenters. The molecular formula is C14H30O5Si. The van der Waals surface area contributed by atoms with E-state index >= 15 is 0 Å². The van der Waals surface area contributed by atoms with Crippen LogP contribution >= 0.6 is 0 Å². The van der Waals surface area contributed by atoms with Gasteiger partial charge in [0, 0.05) is 39.4 Å². The fraction of sp³-hybridized carbons (Fsp3) is 0.929. The third-order valence-corrected chi connectivity index (χ3v) is 6.32. The van der Waals surface area contributed by atoms with Crippen LogP contribution in [0.5, 0.6) is 0 Å². The minimum absolute atomic E-state index is 0.0217. The van der Waals surface area contributed by atoms with Crippen LogP contribution in [0.25, 0.3) is 0 Å². The zero-order valence-electron chi connectivity index (χ0n) is 13.5. The lowest BCUT2D eigenvalue weighted by atomic mass is 10.00. The second-order valence-corrected chi connectivity index (χ2v) is 7.41. The number of carbonyl (C=O) groups is 1. The van der Waals surface area contributed by atoms with Gasteiger partial charge in [-0.25, -0.2) is 0 Å². The number of rotatable bonds is 13. The van der Waals surface area contributed by atoms with Gasteiger partial charge in [-0.05, 0) is 33.1 Å².